The van der Waals surface area contributed by atoms with Crippen LogP contribution in [0.2, 0.25) is 0 Å². The van der Waals surface area contributed by atoms with E-state index in [0.29, 0.717) is 29.3 Å². The number of pyridine rings is 1. The van der Waals surface area contributed by atoms with E-state index in [0.717, 1.165) is 62.8 Å². The normalized spacial score (nSPS) is 18.0. The predicted octanol–water partition coefficient (Wildman–Crippen LogP) is 3.59. The van der Waals surface area contributed by atoms with Gasteiger partial charge >= 0.3 is 0 Å². The third-order valence-corrected chi connectivity index (χ3v) is 7.53. The maximum atomic E-state index is 13.2. The van der Waals surface area contributed by atoms with Crippen LogP contribution in [0.3, 0.4) is 0 Å². The zero-order valence-corrected chi connectivity index (χ0v) is 22.3. The highest BCUT2D eigenvalue weighted by Crippen LogP contribution is 2.28. The van der Waals surface area contributed by atoms with Crippen LogP contribution in [0.4, 0.5) is 17.6 Å². The number of rotatable bonds is 7. The number of carbonyl (C=O) groups excluding carboxylic acids is 1. The van der Waals surface area contributed by atoms with Gasteiger partial charge in [-0.25, -0.2) is 9.97 Å². The van der Waals surface area contributed by atoms with E-state index in [4.69, 9.17) is 9.72 Å². The molecule has 10 nitrogen and oxygen atoms in total. The fourth-order valence-corrected chi connectivity index (χ4v) is 5.23. The summed E-state index contributed by atoms with van der Waals surface area (Å²) < 4.78 is 7.62. The molecule has 37 heavy (non-hydrogen) atoms. The maximum Gasteiger partial charge on any atom is 0.253 e. The first kappa shape index (κ1) is 25.4. The van der Waals surface area contributed by atoms with Crippen LogP contribution in [-0.4, -0.2) is 82.8 Å². The largest absolute Gasteiger partial charge is 0.381 e. The van der Waals surface area contributed by atoms with Gasteiger partial charge in [-0.05, 0) is 65.7 Å². The van der Waals surface area contributed by atoms with Gasteiger partial charge in [-0.2, -0.15) is 4.98 Å². The van der Waals surface area contributed by atoms with E-state index in [1.807, 2.05) is 18.3 Å². The van der Waals surface area contributed by atoms with E-state index in [9.17, 15) is 4.79 Å². The van der Waals surface area contributed by atoms with Crippen LogP contribution in [0.1, 0.15) is 55.9 Å². The van der Waals surface area contributed by atoms with Gasteiger partial charge in [0.1, 0.15) is 11.6 Å². The molecule has 2 aliphatic heterocycles. The number of amides is 1. The molecule has 5 rings (SSSR count). The Labute approximate surface area is 218 Å². The lowest BCUT2D eigenvalue weighted by molar-refractivity contribution is 0.0816. The molecule has 10 heteroatoms. The van der Waals surface area contributed by atoms with Gasteiger partial charge in [-0.3, -0.25) is 4.79 Å². The molecule has 2 N–H and O–H groups in total. The third-order valence-electron chi connectivity index (χ3n) is 7.53. The van der Waals surface area contributed by atoms with Gasteiger partial charge in [0, 0.05) is 62.3 Å². The van der Waals surface area contributed by atoms with Gasteiger partial charge in [0.2, 0.25) is 5.95 Å². The summed E-state index contributed by atoms with van der Waals surface area (Å²) in [6.45, 7) is 7.99. The molecule has 3 aromatic rings. The van der Waals surface area contributed by atoms with Gasteiger partial charge in [0.05, 0.1) is 17.2 Å². The molecule has 0 unspecified atom stereocenters. The molecule has 2 saturated heterocycles. The van der Waals surface area contributed by atoms with Crippen molar-refractivity contribution in [3.05, 3.63) is 36.3 Å². The minimum Gasteiger partial charge on any atom is -0.381 e. The van der Waals surface area contributed by atoms with Crippen molar-refractivity contribution in [2.45, 2.75) is 57.7 Å². The molecule has 5 heterocycles. The maximum absolute atomic E-state index is 13.2. The number of hydrogen-bond acceptors (Lipinski definition) is 8. The first-order valence-electron chi connectivity index (χ1n) is 13.3. The fraction of sp³-hybridized carbons (Fsp3) is 0.556. The Morgan fingerprint density at radius 3 is 2.54 bits per heavy atom. The van der Waals surface area contributed by atoms with E-state index < -0.39 is 0 Å². The number of likely N-dealkylation sites (tertiary alicyclic amines) is 1. The number of nitrogens with zero attached hydrogens (tertiary/aromatic N) is 6. The summed E-state index contributed by atoms with van der Waals surface area (Å²) in [5, 5.41) is 7.44. The molecule has 0 atom stereocenters. The van der Waals surface area contributed by atoms with Gasteiger partial charge in [0.15, 0.2) is 0 Å². The smallest absolute Gasteiger partial charge is 0.253 e. The van der Waals surface area contributed by atoms with Crippen molar-refractivity contribution in [3.63, 3.8) is 0 Å². The lowest BCUT2D eigenvalue weighted by atomic mass is 10.0. The van der Waals surface area contributed by atoms with E-state index in [1.54, 1.807) is 19.5 Å². The number of aromatic nitrogens is 4. The van der Waals surface area contributed by atoms with E-state index in [1.165, 1.54) is 0 Å². The predicted molar refractivity (Wildman–Crippen MR) is 146 cm³/mol. The Morgan fingerprint density at radius 1 is 1.08 bits per heavy atom. The number of carbonyl (C=O) groups is 1. The summed E-state index contributed by atoms with van der Waals surface area (Å²) in [6.07, 6.45) is 9.71. The molecule has 1 amide bonds. The molecule has 0 aliphatic carbocycles. The fourth-order valence-electron chi connectivity index (χ4n) is 5.23. The van der Waals surface area contributed by atoms with E-state index in [2.05, 4.69) is 55.9 Å². The number of hydrogen-bond donors (Lipinski definition) is 2. The van der Waals surface area contributed by atoms with Crippen molar-refractivity contribution in [2.75, 3.05) is 50.6 Å². The average molecular weight is 507 g/mol. The molecular weight excluding hydrogens is 468 g/mol. The molecule has 0 radical (unpaired) electrons. The Hall–Kier alpha value is -3.24. The highest BCUT2D eigenvalue weighted by Gasteiger charge is 2.23. The summed E-state index contributed by atoms with van der Waals surface area (Å²) in [6, 6.07) is 4.25. The number of piperidine rings is 2. The molecule has 2 fully saturated rings. The monoisotopic (exact) mass is 506 g/mol. The number of anilines is 3. The first-order valence-corrected chi connectivity index (χ1v) is 13.3. The topological polar surface area (TPSA) is 100 Å². The van der Waals surface area contributed by atoms with Gasteiger partial charge in [0.25, 0.3) is 5.91 Å². The summed E-state index contributed by atoms with van der Waals surface area (Å²) in [5.41, 5.74) is 1.64. The van der Waals surface area contributed by atoms with Crippen LogP contribution < -0.4 is 15.5 Å². The second kappa shape index (κ2) is 11.0. The van der Waals surface area contributed by atoms with Crippen LogP contribution in [0, 0.1) is 0 Å². The lowest BCUT2D eigenvalue weighted by Crippen LogP contribution is -2.43. The zero-order chi connectivity index (χ0) is 25.9. The molecule has 3 aromatic heterocycles. The van der Waals surface area contributed by atoms with Crippen molar-refractivity contribution in [1.82, 2.24) is 29.7 Å². The van der Waals surface area contributed by atoms with Crippen molar-refractivity contribution in [2.24, 2.45) is 0 Å². The van der Waals surface area contributed by atoms with Gasteiger partial charge in [-0.15, -0.1) is 0 Å². The molecule has 198 valence electrons. The molecular formula is C27H38N8O2. The van der Waals surface area contributed by atoms with E-state index >= 15 is 0 Å². The average Bonchev–Trinajstić information content (AvgIpc) is 3.30. The standard InChI is InChI=1S/C27H38N8O2/c1-18(2)35-17-22(26(36)30-19-6-11-33(3)12-7-19)21-16-29-25(15-23(21)35)31-24-5-10-28-27(32-24)34-13-8-20(37-4)9-14-34/h5,10,15-20H,6-9,11-14H2,1-4H3,(H,30,36)(H,28,29,31,32). The highest BCUT2D eigenvalue weighted by molar-refractivity contribution is 6.07. The Balaban J connectivity index is 1.34. The van der Waals surface area contributed by atoms with Crippen LogP contribution in [-0.2, 0) is 4.74 Å². The SMILES string of the molecule is COC1CCN(c2nccc(Nc3cc4c(cn3)c(C(=O)NC3CCN(C)CC3)cn4C(C)C)n2)CC1. The summed E-state index contributed by atoms with van der Waals surface area (Å²) >= 11 is 0. The molecule has 0 bridgehead atoms. The van der Waals surface area contributed by atoms with Crippen LogP contribution >= 0.6 is 0 Å². The van der Waals surface area contributed by atoms with Gasteiger partial charge in [-0.1, -0.05) is 0 Å². The third kappa shape index (κ3) is 5.70. The van der Waals surface area contributed by atoms with E-state index in [-0.39, 0.29) is 18.0 Å². The van der Waals surface area contributed by atoms with Crippen molar-refractivity contribution < 1.29 is 9.53 Å². The second-order valence-electron chi connectivity index (χ2n) is 10.5. The van der Waals surface area contributed by atoms with Crippen molar-refractivity contribution >= 4 is 34.4 Å². The minimum atomic E-state index is -0.0286. The van der Waals surface area contributed by atoms with Crippen LogP contribution in [0.5, 0.6) is 0 Å². The van der Waals surface area contributed by atoms with Crippen molar-refractivity contribution in [3.8, 4) is 0 Å². The molecule has 2 aliphatic rings. The molecule has 0 aromatic carbocycles. The minimum absolute atomic E-state index is 0.0286. The molecule has 0 saturated carbocycles. The summed E-state index contributed by atoms with van der Waals surface area (Å²) in [5.74, 6) is 2.05. The number of ether oxygens (including phenoxy) is 1. The van der Waals surface area contributed by atoms with Crippen molar-refractivity contribution in [1.29, 1.82) is 0 Å². The Kier molecular flexibility index (Phi) is 7.57. The molecule has 0 spiro atoms. The number of methoxy groups -OCH3 is 1. The lowest BCUT2D eigenvalue weighted by Gasteiger charge is -2.31. The highest BCUT2D eigenvalue weighted by atomic mass is 16.5. The second-order valence-corrected chi connectivity index (χ2v) is 10.5. The summed E-state index contributed by atoms with van der Waals surface area (Å²) in [7, 11) is 3.89. The van der Waals surface area contributed by atoms with Crippen LogP contribution in [0.15, 0.2) is 30.7 Å². The number of fused-ring (bicyclic) bond motifs is 1. The van der Waals surface area contributed by atoms with Crippen LogP contribution in [0.25, 0.3) is 10.9 Å². The Bertz CT molecular complexity index is 1230. The quantitative estimate of drug-likeness (QED) is 0.502. The number of nitrogens with one attached hydrogen (secondary N) is 2. The summed E-state index contributed by atoms with van der Waals surface area (Å²) in [4.78, 5) is 31.6. The Morgan fingerprint density at radius 2 is 1.84 bits per heavy atom. The van der Waals surface area contributed by atoms with Gasteiger partial charge < -0.3 is 29.7 Å². The zero-order valence-electron chi connectivity index (χ0n) is 22.3. The first-order chi connectivity index (χ1) is 17.9.